The minimum atomic E-state index is -1.21. The minimum Gasteiger partial charge on any atom is -0.477 e. The molecule has 6 rings (SSSR count). The number of alkyl halides is 1. The van der Waals surface area contributed by atoms with Crippen LogP contribution in [0.5, 0.6) is 11.6 Å². The molecule has 0 radical (unpaired) electrons. The van der Waals surface area contributed by atoms with Crippen LogP contribution in [0.25, 0.3) is 10.9 Å². The molecule has 0 aromatic carbocycles. The molecule has 0 bridgehead atoms. The van der Waals surface area contributed by atoms with E-state index >= 15 is 4.39 Å². The van der Waals surface area contributed by atoms with Gasteiger partial charge in [0.05, 0.1) is 16.9 Å². The first-order chi connectivity index (χ1) is 21.7. The van der Waals surface area contributed by atoms with Crippen LogP contribution in [0.15, 0.2) is 66.1 Å². The van der Waals surface area contributed by atoms with Crippen molar-refractivity contribution in [3.05, 3.63) is 66.1 Å². The third kappa shape index (κ3) is 6.94. The molecule has 10 nitrogen and oxygen atoms in total. The SMILES string of the molecule is Bc1c(OCCN2CCN(C)CC2)ncc2c(OC3=CCC(NC(=O)C4(C(=O)NC5=CCC(F)C=C5)CC4)C=C3F)ccnc12. The second-order valence-electron chi connectivity index (χ2n) is 12.1. The third-order valence-corrected chi connectivity index (χ3v) is 8.78. The van der Waals surface area contributed by atoms with Gasteiger partial charge >= 0.3 is 0 Å². The predicted octanol–water partition coefficient (Wildman–Crippen LogP) is 1.60. The Morgan fingerprint density at radius 3 is 2.64 bits per heavy atom. The molecular weight excluding hydrogens is 581 g/mol. The van der Waals surface area contributed by atoms with E-state index in [1.807, 2.05) is 7.85 Å². The molecule has 2 aromatic heterocycles. The molecular formula is C32H37BF2N6O4. The Kier molecular flexibility index (Phi) is 9.00. The molecule has 2 fully saturated rings. The van der Waals surface area contributed by atoms with Gasteiger partial charge in [0, 0.05) is 57.2 Å². The van der Waals surface area contributed by atoms with Crippen molar-refractivity contribution in [2.24, 2.45) is 5.41 Å². The highest BCUT2D eigenvalue weighted by atomic mass is 19.1. The highest BCUT2D eigenvalue weighted by molar-refractivity contribution is 6.40. The van der Waals surface area contributed by atoms with E-state index in [-0.39, 0.29) is 18.6 Å². The van der Waals surface area contributed by atoms with Gasteiger partial charge in [-0.1, -0.05) is 6.08 Å². The Morgan fingerprint density at radius 1 is 1.13 bits per heavy atom. The highest BCUT2D eigenvalue weighted by Gasteiger charge is 2.57. The number of fused-ring (bicyclic) bond motifs is 1. The maximum atomic E-state index is 15.2. The van der Waals surface area contributed by atoms with Gasteiger partial charge in [0.25, 0.3) is 0 Å². The summed E-state index contributed by atoms with van der Waals surface area (Å²) in [6.45, 7) is 5.44. The Hall–Kier alpha value is -4.10. The summed E-state index contributed by atoms with van der Waals surface area (Å²) in [4.78, 5) is 39.6. The zero-order valence-corrected chi connectivity index (χ0v) is 25.5. The maximum absolute atomic E-state index is 15.2. The van der Waals surface area contributed by atoms with Gasteiger partial charge < -0.3 is 25.0 Å². The van der Waals surface area contributed by atoms with Gasteiger partial charge in [-0.2, -0.15) is 0 Å². The quantitative estimate of drug-likeness (QED) is 0.306. The topological polar surface area (TPSA) is 109 Å². The predicted molar refractivity (Wildman–Crippen MR) is 168 cm³/mol. The van der Waals surface area contributed by atoms with Gasteiger partial charge in [-0.3, -0.25) is 19.5 Å². The van der Waals surface area contributed by atoms with Crippen LogP contribution in [0.3, 0.4) is 0 Å². The molecule has 1 saturated carbocycles. The van der Waals surface area contributed by atoms with Crippen molar-refractivity contribution in [3.63, 3.8) is 0 Å². The molecule has 2 atom stereocenters. The number of amides is 2. The Bertz CT molecular complexity index is 1600. The van der Waals surface area contributed by atoms with Crippen molar-refractivity contribution in [3.8, 4) is 11.6 Å². The number of allylic oxidation sites excluding steroid dienone is 4. The van der Waals surface area contributed by atoms with E-state index in [9.17, 15) is 14.0 Å². The Morgan fingerprint density at radius 2 is 1.93 bits per heavy atom. The van der Waals surface area contributed by atoms with Crippen molar-refractivity contribution in [1.29, 1.82) is 0 Å². The van der Waals surface area contributed by atoms with Crippen molar-refractivity contribution < 1.29 is 27.8 Å². The monoisotopic (exact) mass is 618 g/mol. The van der Waals surface area contributed by atoms with E-state index in [1.54, 1.807) is 30.6 Å². The summed E-state index contributed by atoms with van der Waals surface area (Å²) in [7, 11) is 4.02. The molecule has 1 saturated heterocycles. The van der Waals surface area contributed by atoms with Crippen LogP contribution >= 0.6 is 0 Å². The van der Waals surface area contributed by atoms with Gasteiger partial charge in [0.1, 0.15) is 31.8 Å². The number of hydrogen-bond acceptors (Lipinski definition) is 8. The van der Waals surface area contributed by atoms with E-state index in [4.69, 9.17) is 9.47 Å². The lowest BCUT2D eigenvalue weighted by atomic mass is 9.94. The average molecular weight is 618 g/mol. The number of aromatic nitrogens is 2. The van der Waals surface area contributed by atoms with Crippen LogP contribution in [-0.2, 0) is 9.59 Å². The number of hydrogen-bond donors (Lipinski definition) is 2. The van der Waals surface area contributed by atoms with Crippen LogP contribution < -0.4 is 25.6 Å². The van der Waals surface area contributed by atoms with Crippen molar-refractivity contribution in [2.75, 3.05) is 46.4 Å². The molecule has 45 heavy (non-hydrogen) atoms. The number of likely N-dealkylation sites (N-methyl/N-ethyl adjacent to an activating group) is 1. The summed E-state index contributed by atoms with van der Waals surface area (Å²) in [5.74, 6) is -0.596. The first-order valence-electron chi connectivity index (χ1n) is 15.4. The Labute approximate surface area is 261 Å². The van der Waals surface area contributed by atoms with Crippen LogP contribution in [0.4, 0.5) is 8.78 Å². The van der Waals surface area contributed by atoms with Crippen molar-refractivity contribution in [2.45, 2.75) is 37.9 Å². The third-order valence-electron chi connectivity index (χ3n) is 8.78. The minimum absolute atomic E-state index is 0.0271. The summed E-state index contributed by atoms with van der Waals surface area (Å²) in [5.41, 5.74) is 0.688. The fraction of sp³-hybridized carbons (Fsp3) is 0.438. The standard InChI is InChI=1S/C32H37BF2N6O4/c1-40-12-14-41(15-13-40)16-17-44-29-27(33)28-23(19-37-29)25(8-11-36-28)45-26-7-6-22(18-24(26)35)39-31(43)32(9-10-32)30(42)38-21-4-2-20(34)3-5-21/h2,4-5,7-8,11,18-20,22H,3,6,9-10,12-17,33H2,1H3,(H,38,42)(H,39,43). The fourth-order valence-corrected chi connectivity index (χ4v) is 5.67. The number of rotatable bonds is 10. The second-order valence-corrected chi connectivity index (χ2v) is 12.1. The van der Waals surface area contributed by atoms with Crippen LogP contribution in [0.1, 0.15) is 25.7 Å². The summed E-state index contributed by atoms with van der Waals surface area (Å²) in [5, 5.41) is 6.13. The van der Waals surface area contributed by atoms with E-state index in [0.717, 1.165) is 38.2 Å². The lowest BCUT2D eigenvalue weighted by Gasteiger charge is -2.32. The van der Waals surface area contributed by atoms with Crippen LogP contribution in [0.2, 0.25) is 0 Å². The number of piperazine rings is 1. The number of nitrogens with one attached hydrogen (secondary N) is 2. The van der Waals surface area contributed by atoms with E-state index < -0.39 is 35.3 Å². The number of halogens is 2. The van der Waals surface area contributed by atoms with Gasteiger partial charge in [-0.25, -0.2) is 13.8 Å². The van der Waals surface area contributed by atoms with Crippen LogP contribution in [-0.4, -0.2) is 98.0 Å². The number of pyridine rings is 2. The molecule has 1 aliphatic heterocycles. The molecule has 3 aliphatic carbocycles. The molecule has 2 N–H and O–H groups in total. The first-order valence-corrected chi connectivity index (χ1v) is 15.4. The van der Waals surface area contributed by atoms with Crippen molar-refractivity contribution >= 4 is 36.0 Å². The number of nitrogens with zero attached hydrogens (tertiary/aromatic N) is 4. The molecule has 2 amide bonds. The highest BCUT2D eigenvalue weighted by Crippen LogP contribution is 2.46. The van der Waals surface area contributed by atoms with Crippen LogP contribution in [0, 0.1) is 5.41 Å². The summed E-state index contributed by atoms with van der Waals surface area (Å²) < 4.78 is 40.6. The number of carbonyl (C=O) groups is 2. The lowest BCUT2D eigenvalue weighted by molar-refractivity contribution is -0.137. The zero-order chi connectivity index (χ0) is 31.6. The number of ether oxygens (including phenoxy) is 2. The second kappa shape index (κ2) is 13.1. The molecule has 13 heteroatoms. The largest absolute Gasteiger partial charge is 0.477 e. The van der Waals surface area contributed by atoms with Gasteiger partial charge in [-0.05, 0) is 62.1 Å². The molecule has 4 aliphatic rings. The van der Waals surface area contributed by atoms with Gasteiger partial charge in [0.2, 0.25) is 17.7 Å². The first kappa shape index (κ1) is 30.9. The average Bonchev–Trinajstić information content (AvgIpc) is 3.85. The summed E-state index contributed by atoms with van der Waals surface area (Å²) >= 11 is 0. The molecule has 2 aromatic rings. The normalized spacial score (nSPS) is 23.0. The molecule has 236 valence electrons. The van der Waals surface area contributed by atoms with E-state index in [1.165, 1.54) is 18.2 Å². The molecule has 0 spiro atoms. The summed E-state index contributed by atoms with van der Waals surface area (Å²) in [6.07, 6.45) is 10.7. The smallest absolute Gasteiger partial charge is 0.240 e. The van der Waals surface area contributed by atoms with Gasteiger partial charge in [-0.15, -0.1) is 0 Å². The van der Waals surface area contributed by atoms with E-state index in [0.29, 0.717) is 47.7 Å². The zero-order valence-electron chi connectivity index (χ0n) is 25.5. The van der Waals surface area contributed by atoms with Crippen molar-refractivity contribution in [1.82, 2.24) is 30.4 Å². The molecule has 3 heterocycles. The van der Waals surface area contributed by atoms with Gasteiger partial charge in [0.15, 0.2) is 11.6 Å². The van der Waals surface area contributed by atoms with E-state index in [2.05, 4.69) is 37.4 Å². The fourth-order valence-electron chi connectivity index (χ4n) is 5.67. The maximum Gasteiger partial charge on any atom is 0.240 e. The number of carbonyl (C=O) groups excluding carboxylic acids is 2. The molecule has 2 unspecified atom stereocenters. The summed E-state index contributed by atoms with van der Waals surface area (Å²) in [6, 6.07) is 1.01. The Balaban J connectivity index is 1.05. The lowest BCUT2D eigenvalue weighted by Crippen LogP contribution is -2.46.